The monoisotopic (exact) mass is 707 g/mol. The van der Waals surface area contributed by atoms with Crippen molar-refractivity contribution < 1.29 is 29.4 Å². The van der Waals surface area contributed by atoms with Gasteiger partial charge in [0.2, 0.25) is 0 Å². The van der Waals surface area contributed by atoms with Gasteiger partial charge >= 0.3 is 0 Å². The maximum absolute atomic E-state index is 11.3. The van der Waals surface area contributed by atoms with Gasteiger partial charge in [0.05, 0.1) is 11.1 Å². The molecule has 4 amide bonds. The van der Waals surface area contributed by atoms with Gasteiger partial charge in [0.1, 0.15) is 0 Å². The summed E-state index contributed by atoms with van der Waals surface area (Å²) < 4.78 is 2.48. The Labute approximate surface area is 242 Å². The fourth-order valence-electron chi connectivity index (χ4n) is 4.10. The summed E-state index contributed by atoms with van der Waals surface area (Å²) in [6, 6.07) is 15.4. The summed E-state index contributed by atoms with van der Waals surface area (Å²) in [6.45, 7) is 3.12. The maximum atomic E-state index is 11.3. The molecule has 9 nitrogen and oxygen atoms in total. The number of fused-ring (bicyclic) bond motifs is 3. The highest BCUT2D eigenvalue weighted by atomic mass is 79.9. The number of carbonyl (C=O) groups is 4. The Morgan fingerprint density at radius 1 is 0.553 bits per heavy atom. The van der Waals surface area contributed by atoms with Crippen molar-refractivity contribution in [1.82, 2.24) is 16.0 Å². The number of hydrogen-bond acceptors (Lipinski definition) is 6. The van der Waals surface area contributed by atoms with Crippen LogP contribution in [0.2, 0.25) is 0 Å². The van der Waals surface area contributed by atoms with Gasteiger partial charge in [-0.15, -0.1) is 0 Å². The van der Waals surface area contributed by atoms with E-state index in [0.29, 0.717) is 33.4 Å². The van der Waals surface area contributed by atoms with Crippen molar-refractivity contribution in [2.45, 2.75) is 25.3 Å². The molecule has 3 heterocycles. The molecule has 2 atom stereocenters. The highest BCUT2D eigenvalue weighted by Gasteiger charge is 2.37. The van der Waals surface area contributed by atoms with Gasteiger partial charge in [-0.25, -0.2) is 0 Å². The Bertz CT molecular complexity index is 1520. The van der Waals surface area contributed by atoms with Gasteiger partial charge in [0.25, 0.3) is 23.6 Å². The van der Waals surface area contributed by atoms with Crippen molar-refractivity contribution >= 4 is 71.4 Å². The molecule has 3 aromatic rings. The number of carbonyl (C=O) groups excluding carboxylic acids is 4. The molecule has 3 aliphatic rings. The van der Waals surface area contributed by atoms with Crippen molar-refractivity contribution in [3.05, 3.63) is 101 Å². The molecule has 0 bridgehead atoms. The lowest BCUT2D eigenvalue weighted by Gasteiger charge is -2.17. The summed E-state index contributed by atoms with van der Waals surface area (Å²) in [7, 11) is 0. The molecular formula is C26H20Br3N3O6. The number of aliphatic hydroxyl groups is 2. The minimum Gasteiger partial charge on any atom is -0.367 e. The minimum atomic E-state index is -1.24. The van der Waals surface area contributed by atoms with E-state index in [9.17, 15) is 29.4 Å². The summed E-state index contributed by atoms with van der Waals surface area (Å²) >= 11 is 9.78. The van der Waals surface area contributed by atoms with Crippen LogP contribution in [0.5, 0.6) is 0 Å². The molecule has 12 heteroatoms. The Morgan fingerprint density at radius 3 is 1.63 bits per heavy atom. The Hall–Kier alpha value is -2.90. The van der Waals surface area contributed by atoms with E-state index in [1.165, 1.54) is 0 Å². The zero-order valence-electron chi connectivity index (χ0n) is 19.9. The van der Waals surface area contributed by atoms with Crippen LogP contribution in [0.4, 0.5) is 0 Å². The van der Waals surface area contributed by atoms with Gasteiger partial charge in [0.15, 0.2) is 11.4 Å². The standard InChI is InChI=1S/2C9H8BrNO2.C8H4BrNO2/c1-9(13)7-3-2-5(10)4-6(7)8(12)11-9;1-9(13)7-4-5(10)2-3-6(7)8(12)11-9;9-4-1-2-5-6(3-4)8(12)10-7(5)11/h2*2-4,13H,1H3,(H,11,12);1-3H,(H,10,11,12). The predicted octanol–water partition coefficient (Wildman–Crippen LogP) is 4.05. The van der Waals surface area contributed by atoms with Crippen LogP contribution in [0, 0.1) is 0 Å². The SMILES string of the molecule is CC1(O)NC(=O)c2cc(Br)ccc21.CC1(O)NC(=O)c2ccc(Br)cc21.O=C1NC(=O)c2cc(Br)ccc21. The predicted molar refractivity (Wildman–Crippen MR) is 148 cm³/mol. The van der Waals surface area contributed by atoms with Gasteiger partial charge in [0, 0.05) is 35.7 Å². The van der Waals surface area contributed by atoms with Crippen LogP contribution in [0.15, 0.2) is 68.0 Å². The molecule has 0 saturated carbocycles. The highest BCUT2D eigenvalue weighted by molar-refractivity contribution is 9.11. The molecule has 0 aliphatic carbocycles. The molecule has 6 rings (SSSR count). The van der Waals surface area contributed by atoms with Gasteiger partial charge in [-0.05, 0) is 62.4 Å². The lowest BCUT2D eigenvalue weighted by atomic mass is 10.0. The summed E-state index contributed by atoms with van der Waals surface area (Å²) in [5, 5.41) is 26.7. The van der Waals surface area contributed by atoms with Gasteiger partial charge in [-0.1, -0.05) is 53.9 Å². The van der Waals surface area contributed by atoms with E-state index in [-0.39, 0.29) is 23.6 Å². The number of hydrogen-bond donors (Lipinski definition) is 5. The Morgan fingerprint density at radius 2 is 1.00 bits per heavy atom. The highest BCUT2D eigenvalue weighted by Crippen LogP contribution is 2.31. The van der Waals surface area contributed by atoms with Crippen LogP contribution in [-0.2, 0) is 11.4 Å². The van der Waals surface area contributed by atoms with E-state index in [4.69, 9.17) is 0 Å². The fourth-order valence-corrected chi connectivity index (χ4v) is 5.18. The average molecular weight is 710 g/mol. The lowest BCUT2D eigenvalue weighted by molar-refractivity contribution is 0.0290. The maximum Gasteiger partial charge on any atom is 0.258 e. The number of imide groups is 1. The van der Waals surface area contributed by atoms with Crippen molar-refractivity contribution in [3.63, 3.8) is 0 Å². The Kier molecular flexibility index (Phi) is 7.65. The topological polar surface area (TPSA) is 145 Å². The first-order chi connectivity index (χ1) is 17.7. The average Bonchev–Trinajstić information content (AvgIpc) is 3.33. The Balaban J connectivity index is 0.000000133. The van der Waals surface area contributed by atoms with E-state index >= 15 is 0 Å². The van der Waals surface area contributed by atoms with Crippen LogP contribution in [0.25, 0.3) is 0 Å². The summed E-state index contributed by atoms with van der Waals surface area (Å²) in [5.41, 5.74) is 0.723. The van der Waals surface area contributed by atoms with Gasteiger partial charge in [-0.3, -0.25) is 24.5 Å². The second-order valence-corrected chi connectivity index (χ2v) is 11.7. The molecule has 0 fully saturated rings. The molecular weight excluding hydrogens is 690 g/mol. The summed E-state index contributed by atoms with van der Waals surface area (Å²) in [6.07, 6.45) is 0. The van der Waals surface area contributed by atoms with Crippen molar-refractivity contribution in [2.24, 2.45) is 0 Å². The molecule has 196 valence electrons. The van der Waals surface area contributed by atoms with E-state index < -0.39 is 11.4 Å². The molecule has 0 saturated heterocycles. The second kappa shape index (κ2) is 10.3. The number of halogens is 3. The van der Waals surface area contributed by atoms with Gasteiger partial charge < -0.3 is 20.8 Å². The zero-order chi connectivity index (χ0) is 28.0. The normalized spacial score (nSPS) is 22.1. The molecule has 0 radical (unpaired) electrons. The second-order valence-electron chi connectivity index (χ2n) is 8.91. The molecule has 0 aromatic heterocycles. The minimum absolute atomic E-state index is 0.229. The van der Waals surface area contributed by atoms with E-state index in [1.54, 1.807) is 68.4 Å². The largest absolute Gasteiger partial charge is 0.367 e. The smallest absolute Gasteiger partial charge is 0.258 e. The molecule has 0 spiro atoms. The number of rotatable bonds is 0. The van der Waals surface area contributed by atoms with Crippen LogP contribution < -0.4 is 16.0 Å². The van der Waals surface area contributed by atoms with E-state index in [1.807, 2.05) is 0 Å². The lowest BCUT2D eigenvalue weighted by Crippen LogP contribution is -2.35. The van der Waals surface area contributed by atoms with Gasteiger partial charge in [-0.2, -0.15) is 0 Å². The number of amides is 4. The molecule has 5 N–H and O–H groups in total. The van der Waals surface area contributed by atoms with Crippen molar-refractivity contribution in [2.75, 3.05) is 0 Å². The molecule has 38 heavy (non-hydrogen) atoms. The number of nitrogens with one attached hydrogen (secondary N) is 3. The van der Waals surface area contributed by atoms with Crippen LogP contribution in [0.1, 0.15) is 66.4 Å². The quantitative estimate of drug-likeness (QED) is 0.223. The first-order valence-corrected chi connectivity index (χ1v) is 13.4. The first-order valence-electron chi connectivity index (χ1n) is 11.0. The zero-order valence-corrected chi connectivity index (χ0v) is 24.6. The van der Waals surface area contributed by atoms with Crippen LogP contribution in [0.3, 0.4) is 0 Å². The van der Waals surface area contributed by atoms with E-state index in [2.05, 4.69) is 63.7 Å². The van der Waals surface area contributed by atoms with E-state index in [0.717, 1.165) is 13.4 Å². The third kappa shape index (κ3) is 5.59. The molecule has 3 aliphatic heterocycles. The van der Waals surface area contributed by atoms with Crippen molar-refractivity contribution in [1.29, 1.82) is 0 Å². The van der Waals surface area contributed by atoms with Crippen molar-refractivity contribution in [3.8, 4) is 0 Å². The number of benzene rings is 3. The molecule has 2 unspecified atom stereocenters. The summed E-state index contributed by atoms with van der Waals surface area (Å²) in [5.74, 6) is -1.10. The third-order valence-corrected chi connectivity index (χ3v) is 7.39. The van der Waals surface area contributed by atoms with Crippen LogP contribution in [-0.4, -0.2) is 33.8 Å². The molecule has 3 aromatic carbocycles. The third-order valence-electron chi connectivity index (χ3n) is 5.91. The van der Waals surface area contributed by atoms with Crippen LogP contribution >= 0.6 is 47.8 Å². The summed E-state index contributed by atoms with van der Waals surface area (Å²) in [4.78, 5) is 44.8. The fraction of sp³-hybridized carbons (Fsp3) is 0.154. The first kappa shape index (κ1) is 28.1.